The summed E-state index contributed by atoms with van der Waals surface area (Å²) in [5, 5.41) is 20.9. The molecular weight excluding hydrogens is 725 g/mol. The molecular formula is C34H32ClF3N8O7. The second kappa shape index (κ2) is 16.5. The molecule has 278 valence electrons. The largest absolute Gasteiger partial charge is 0.481 e. The number of rotatable bonds is 17. The minimum Gasteiger partial charge on any atom is -0.481 e. The van der Waals surface area contributed by atoms with Crippen LogP contribution >= 0.6 is 11.6 Å². The Labute approximate surface area is 304 Å². The number of carboxylic acids is 1. The lowest BCUT2D eigenvalue weighted by Crippen LogP contribution is -2.43. The molecule has 0 spiro atoms. The fourth-order valence-electron chi connectivity index (χ4n) is 4.94. The number of Topliss-reactive ketones (excluding diaryl/α,β-unsaturated/α-hetero) is 1. The standard InChI is InChI=1S/C34H32ClF3N8O7/c1-52-26-11-2-19(17-40-26)16-25(47)28(49)39-15-12-24(29(50)51)42-27(48)20-3-9-23(10-4-20)41-30-43-31(45-32(44-30)53-18-34(36,37)38)46-33(13-14-33)21-5-7-22(35)8-6-21/h2-11,17,24H,12-16,18H2,1H3,(H,39,49)(H,42,48)(H,50,51)(H2,41,43,44,45,46)/t24-/m0/s1. The number of anilines is 3. The number of hydrogen-bond acceptors (Lipinski definition) is 12. The fourth-order valence-corrected chi connectivity index (χ4v) is 5.06. The van der Waals surface area contributed by atoms with Gasteiger partial charge >= 0.3 is 18.2 Å². The predicted octanol–water partition coefficient (Wildman–Crippen LogP) is 4.22. The van der Waals surface area contributed by atoms with Crippen LogP contribution < -0.4 is 30.7 Å². The van der Waals surface area contributed by atoms with E-state index in [1.165, 1.54) is 43.6 Å². The Kier molecular flexibility index (Phi) is 11.9. The summed E-state index contributed by atoms with van der Waals surface area (Å²) in [6, 6.07) is 13.8. The average Bonchev–Trinajstić information content (AvgIpc) is 3.90. The van der Waals surface area contributed by atoms with Crippen LogP contribution in [0.15, 0.2) is 66.9 Å². The molecule has 2 amide bonds. The van der Waals surface area contributed by atoms with Gasteiger partial charge in [-0.05, 0) is 66.8 Å². The maximum absolute atomic E-state index is 12.9. The topological polar surface area (TPSA) is 207 Å². The molecule has 5 rings (SSSR count). The van der Waals surface area contributed by atoms with E-state index >= 15 is 0 Å². The van der Waals surface area contributed by atoms with E-state index in [9.17, 15) is 37.5 Å². The van der Waals surface area contributed by atoms with Gasteiger partial charge < -0.3 is 35.8 Å². The van der Waals surface area contributed by atoms with Crippen LogP contribution in [-0.2, 0) is 26.3 Å². The van der Waals surface area contributed by atoms with E-state index in [0.717, 1.165) is 5.56 Å². The number of methoxy groups -OCH3 is 1. The molecule has 1 fully saturated rings. The van der Waals surface area contributed by atoms with E-state index < -0.39 is 53.9 Å². The number of carboxylic acid groups (broad SMARTS) is 1. The maximum Gasteiger partial charge on any atom is 0.422 e. The number of carbonyl (C=O) groups is 4. The second-order valence-corrected chi connectivity index (χ2v) is 12.2. The summed E-state index contributed by atoms with van der Waals surface area (Å²) in [5.74, 6) is -3.66. The molecule has 0 saturated heterocycles. The van der Waals surface area contributed by atoms with Gasteiger partial charge in [-0.3, -0.25) is 14.4 Å². The number of benzene rings is 2. The third-order valence-corrected chi connectivity index (χ3v) is 8.08. The van der Waals surface area contributed by atoms with Crippen LogP contribution in [0, 0.1) is 0 Å². The van der Waals surface area contributed by atoms with Crippen molar-refractivity contribution in [3.8, 4) is 11.9 Å². The van der Waals surface area contributed by atoms with E-state index in [1.807, 2.05) is 12.1 Å². The molecule has 5 N–H and O–H groups in total. The molecule has 1 aliphatic carbocycles. The lowest BCUT2D eigenvalue weighted by atomic mass is 10.1. The highest BCUT2D eigenvalue weighted by Gasteiger charge is 2.45. The number of halogens is 4. The van der Waals surface area contributed by atoms with Crippen LogP contribution in [0.4, 0.5) is 30.8 Å². The number of nitrogens with one attached hydrogen (secondary N) is 4. The summed E-state index contributed by atoms with van der Waals surface area (Å²) in [5.41, 5.74) is 1.19. The highest BCUT2D eigenvalue weighted by Crippen LogP contribution is 2.48. The van der Waals surface area contributed by atoms with Crippen LogP contribution in [0.25, 0.3) is 0 Å². The predicted molar refractivity (Wildman–Crippen MR) is 183 cm³/mol. The van der Waals surface area contributed by atoms with Crippen molar-refractivity contribution in [2.45, 2.75) is 43.4 Å². The molecule has 0 aliphatic heterocycles. The first-order valence-corrected chi connectivity index (χ1v) is 16.3. The molecule has 1 aliphatic rings. The highest BCUT2D eigenvalue weighted by molar-refractivity contribution is 6.36. The van der Waals surface area contributed by atoms with Gasteiger partial charge in [-0.1, -0.05) is 29.8 Å². The first-order valence-electron chi connectivity index (χ1n) is 15.9. The number of ketones is 1. The van der Waals surface area contributed by atoms with Crippen LogP contribution in [0.1, 0.15) is 40.7 Å². The molecule has 2 aromatic heterocycles. The Balaban J connectivity index is 1.18. The summed E-state index contributed by atoms with van der Waals surface area (Å²) < 4.78 is 48.5. The van der Waals surface area contributed by atoms with Crippen molar-refractivity contribution in [3.63, 3.8) is 0 Å². The SMILES string of the molecule is COc1ccc(CC(=O)C(=O)NCC[C@H](NC(=O)c2ccc(Nc3nc(NC4(c5ccc(Cl)cc5)CC4)nc(OCC(F)(F)F)n3)cc2)C(=O)O)cn1. The Hall–Kier alpha value is -6.04. The summed E-state index contributed by atoms with van der Waals surface area (Å²) >= 11 is 6.01. The molecule has 1 saturated carbocycles. The summed E-state index contributed by atoms with van der Waals surface area (Å²) in [7, 11) is 1.44. The zero-order chi connectivity index (χ0) is 38.2. The van der Waals surface area contributed by atoms with Crippen molar-refractivity contribution >= 4 is 52.8 Å². The van der Waals surface area contributed by atoms with E-state index in [-0.39, 0.29) is 36.8 Å². The zero-order valence-electron chi connectivity index (χ0n) is 27.9. The van der Waals surface area contributed by atoms with Crippen LogP contribution in [0.2, 0.25) is 5.02 Å². The number of carbonyl (C=O) groups excluding carboxylic acids is 3. The number of alkyl halides is 3. The fraction of sp³-hybridized carbons (Fsp3) is 0.294. The van der Waals surface area contributed by atoms with Gasteiger partial charge in [-0.2, -0.15) is 28.1 Å². The van der Waals surface area contributed by atoms with Gasteiger partial charge in [0.1, 0.15) is 6.04 Å². The van der Waals surface area contributed by atoms with Crippen LogP contribution in [-0.4, -0.2) is 81.1 Å². The van der Waals surface area contributed by atoms with Gasteiger partial charge in [0.15, 0.2) is 6.61 Å². The number of nitrogens with zero attached hydrogens (tertiary/aromatic N) is 4. The lowest BCUT2D eigenvalue weighted by molar-refractivity contribution is -0.154. The van der Waals surface area contributed by atoms with E-state index in [2.05, 4.69) is 41.2 Å². The maximum atomic E-state index is 12.9. The third-order valence-electron chi connectivity index (χ3n) is 7.83. The van der Waals surface area contributed by atoms with Gasteiger partial charge in [0.05, 0.1) is 12.6 Å². The molecule has 53 heavy (non-hydrogen) atoms. The smallest absolute Gasteiger partial charge is 0.422 e. The van der Waals surface area contributed by atoms with Gasteiger partial charge in [0.2, 0.25) is 23.6 Å². The second-order valence-electron chi connectivity index (χ2n) is 11.8. The first-order chi connectivity index (χ1) is 25.2. The van der Waals surface area contributed by atoms with Crippen molar-refractivity contribution < 1.29 is 46.9 Å². The van der Waals surface area contributed by atoms with Gasteiger partial charge in [-0.25, -0.2) is 9.78 Å². The van der Waals surface area contributed by atoms with Gasteiger partial charge in [-0.15, -0.1) is 0 Å². The van der Waals surface area contributed by atoms with Crippen molar-refractivity contribution in [1.29, 1.82) is 0 Å². The summed E-state index contributed by atoms with van der Waals surface area (Å²) in [6.07, 6.45) is -2.30. The number of amides is 2. The van der Waals surface area contributed by atoms with Crippen LogP contribution in [0.3, 0.4) is 0 Å². The number of aromatic nitrogens is 4. The third kappa shape index (κ3) is 11.0. The first kappa shape index (κ1) is 38.2. The summed E-state index contributed by atoms with van der Waals surface area (Å²) in [4.78, 5) is 65.5. The zero-order valence-corrected chi connectivity index (χ0v) is 28.6. The highest BCUT2D eigenvalue weighted by atomic mass is 35.5. The molecule has 15 nitrogen and oxygen atoms in total. The molecule has 1 atom stereocenters. The van der Waals surface area contributed by atoms with Crippen molar-refractivity contribution in [1.82, 2.24) is 30.6 Å². The Bertz CT molecular complexity index is 1950. The van der Waals surface area contributed by atoms with E-state index in [0.29, 0.717) is 35.0 Å². The van der Waals surface area contributed by atoms with Crippen molar-refractivity contribution in [3.05, 3.63) is 88.6 Å². The minimum absolute atomic E-state index is 0.0436. The number of hydrogen-bond donors (Lipinski definition) is 5. The monoisotopic (exact) mass is 756 g/mol. The van der Waals surface area contributed by atoms with Crippen molar-refractivity contribution in [2.24, 2.45) is 0 Å². The molecule has 0 unspecified atom stereocenters. The van der Waals surface area contributed by atoms with Crippen molar-refractivity contribution in [2.75, 3.05) is 30.9 Å². The Morgan fingerprint density at radius 3 is 2.26 bits per heavy atom. The molecule has 0 radical (unpaired) electrons. The number of aliphatic carboxylic acids is 1. The summed E-state index contributed by atoms with van der Waals surface area (Å²) in [6.45, 7) is -1.85. The Morgan fingerprint density at radius 1 is 0.962 bits per heavy atom. The minimum atomic E-state index is -4.64. The molecule has 4 aromatic rings. The van der Waals surface area contributed by atoms with Gasteiger partial charge in [0.25, 0.3) is 11.8 Å². The number of pyridine rings is 1. The number of ether oxygens (including phenoxy) is 2. The normalized spacial score (nSPS) is 13.6. The quantitative estimate of drug-likeness (QED) is 0.0959. The molecule has 19 heteroatoms. The van der Waals surface area contributed by atoms with E-state index in [4.69, 9.17) is 21.1 Å². The van der Waals surface area contributed by atoms with Crippen LogP contribution in [0.5, 0.6) is 11.9 Å². The van der Waals surface area contributed by atoms with E-state index in [1.54, 1.807) is 18.2 Å². The Morgan fingerprint density at radius 2 is 1.66 bits per heavy atom. The molecule has 2 heterocycles. The molecule has 2 aromatic carbocycles. The lowest BCUT2D eigenvalue weighted by Gasteiger charge is -2.19. The average molecular weight is 757 g/mol. The van der Waals surface area contributed by atoms with Gasteiger partial charge in [0, 0.05) is 41.5 Å². The molecule has 0 bridgehead atoms.